The highest BCUT2D eigenvalue weighted by Gasteiger charge is 2.38. The highest BCUT2D eigenvalue weighted by atomic mass is 32.2. The van der Waals surface area contributed by atoms with E-state index in [1.807, 2.05) is 0 Å². The normalized spacial score (nSPS) is 18.7. The fourth-order valence-electron chi connectivity index (χ4n) is 4.03. The summed E-state index contributed by atoms with van der Waals surface area (Å²) >= 11 is 1.13. The van der Waals surface area contributed by atoms with Gasteiger partial charge in [0.2, 0.25) is 15.8 Å². The molecule has 1 aromatic carbocycles. The second-order valence-electron chi connectivity index (χ2n) is 7.97. The lowest BCUT2D eigenvalue weighted by Gasteiger charge is -2.31. The lowest BCUT2D eigenvalue weighted by Crippen LogP contribution is -2.35. The number of rotatable bonds is 6. The standard InChI is InChI=1S/C17H20F3N11O2S2/c18-17(19,20)16-23-12-8-30(5-6-31(12)26-16)10-1-2-11(34-27-9-3-4-22-7-9)14(35(21,32)33)13(10)15-24-28-29-25-15/h1-2,9,22,27H,3-8H2,(H2,21,32,33)(H,24,25,28,29)/t9-/m1/s1. The van der Waals surface area contributed by atoms with Crippen LogP contribution in [0, 0.1) is 0 Å². The van der Waals surface area contributed by atoms with Gasteiger partial charge in [0.05, 0.1) is 18.7 Å². The number of benzene rings is 1. The van der Waals surface area contributed by atoms with Crippen LogP contribution in [0.2, 0.25) is 0 Å². The summed E-state index contributed by atoms with van der Waals surface area (Å²) in [6.45, 7) is 1.89. The molecule has 0 spiro atoms. The topological polar surface area (TPSA) is 173 Å². The van der Waals surface area contributed by atoms with Gasteiger partial charge in [-0.05, 0) is 42.3 Å². The molecule has 0 unspecified atom stereocenters. The number of aromatic amines is 1. The molecule has 4 heterocycles. The lowest BCUT2D eigenvalue weighted by atomic mass is 10.1. The van der Waals surface area contributed by atoms with E-state index < -0.39 is 22.0 Å². The second kappa shape index (κ2) is 9.01. The number of alkyl halides is 3. The zero-order chi connectivity index (χ0) is 24.8. The summed E-state index contributed by atoms with van der Waals surface area (Å²) in [5.74, 6) is -1.15. The van der Waals surface area contributed by atoms with Gasteiger partial charge in [-0.3, -0.25) is 4.72 Å². The van der Waals surface area contributed by atoms with Crippen molar-refractivity contribution in [3.63, 3.8) is 0 Å². The summed E-state index contributed by atoms with van der Waals surface area (Å²) in [7, 11) is -4.28. The van der Waals surface area contributed by atoms with Gasteiger partial charge in [0.1, 0.15) is 10.7 Å². The van der Waals surface area contributed by atoms with Crippen LogP contribution in [0.3, 0.4) is 0 Å². The number of aromatic nitrogens is 7. The zero-order valence-electron chi connectivity index (χ0n) is 17.9. The minimum Gasteiger partial charge on any atom is -0.362 e. The molecule has 35 heavy (non-hydrogen) atoms. The molecule has 0 bridgehead atoms. The molecule has 13 nitrogen and oxygen atoms in total. The van der Waals surface area contributed by atoms with Gasteiger partial charge in [0.15, 0.2) is 0 Å². The van der Waals surface area contributed by atoms with E-state index in [9.17, 15) is 21.6 Å². The van der Waals surface area contributed by atoms with E-state index in [4.69, 9.17) is 5.14 Å². The van der Waals surface area contributed by atoms with Crippen molar-refractivity contribution < 1.29 is 21.6 Å². The average molecular weight is 532 g/mol. The van der Waals surface area contributed by atoms with Crippen molar-refractivity contribution in [2.45, 2.75) is 41.5 Å². The molecule has 3 aromatic rings. The monoisotopic (exact) mass is 531 g/mol. The van der Waals surface area contributed by atoms with Crippen LogP contribution in [-0.2, 0) is 29.3 Å². The molecular weight excluding hydrogens is 511 g/mol. The smallest absolute Gasteiger partial charge is 0.362 e. The third-order valence-corrected chi connectivity index (χ3v) is 7.74. The Hall–Kier alpha value is -2.80. The van der Waals surface area contributed by atoms with Gasteiger partial charge in [-0.25, -0.2) is 23.2 Å². The van der Waals surface area contributed by atoms with E-state index in [0.717, 1.165) is 31.5 Å². The van der Waals surface area contributed by atoms with Crippen molar-refractivity contribution in [1.29, 1.82) is 0 Å². The number of tetrazole rings is 1. The average Bonchev–Trinajstić information content (AvgIpc) is 3.57. The van der Waals surface area contributed by atoms with Gasteiger partial charge in [0, 0.05) is 29.7 Å². The van der Waals surface area contributed by atoms with Crippen LogP contribution in [0.25, 0.3) is 11.4 Å². The van der Waals surface area contributed by atoms with Crippen molar-refractivity contribution >= 4 is 27.7 Å². The molecule has 5 N–H and O–H groups in total. The number of H-pyrrole nitrogens is 1. The Balaban J connectivity index is 1.56. The van der Waals surface area contributed by atoms with Crippen LogP contribution in [0.15, 0.2) is 21.9 Å². The maximum atomic E-state index is 13.1. The van der Waals surface area contributed by atoms with Crippen LogP contribution < -0.4 is 20.1 Å². The Morgan fingerprint density at radius 1 is 1.26 bits per heavy atom. The molecule has 2 aliphatic heterocycles. The van der Waals surface area contributed by atoms with Gasteiger partial charge in [-0.2, -0.15) is 18.4 Å². The number of nitrogens with one attached hydrogen (secondary N) is 3. The van der Waals surface area contributed by atoms with Crippen molar-refractivity contribution in [3.05, 3.63) is 23.8 Å². The van der Waals surface area contributed by atoms with Gasteiger partial charge in [0.25, 0.3) is 5.82 Å². The van der Waals surface area contributed by atoms with Gasteiger partial charge in [-0.1, -0.05) is 0 Å². The van der Waals surface area contributed by atoms with E-state index in [1.54, 1.807) is 17.0 Å². The number of hydrogen-bond donors (Lipinski definition) is 4. The van der Waals surface area contributed by atoms with E-state index in [2.05, 4.69) is 40.7 Å². The third-order valence-electron chi connectivity index (χ3n) is 5.61. The van der Waals surface area contributed by atoms with Crippen molar-refractivity contribution in [2.75, 3.05) is 24.5 Å². The Labute approximate surface area is 201 Å². The fourth-order valence-corrected chi connectivity index (χ4v) is 6.15. The van der Waals surface area contributed by atoms with Crippen molar-refractivity contribution in [3.8, 4) is 11.4 Å². The number of nitrogens with two attached hydrogens (primary N) is 1. The first-order valence-corrected chi connectivity index (χ1v) is 12.8. The summed E-state index contributed by atoms with van der Waals surface area (Å²) in [6.07, 6.45) is -3.80. The Morgan fingerprint density at radius 2 is 2.09 bits per heavy atom. The van der Waals surface area contributed by atoms with E-state index in [0.29, 0.717) is 10.6 Å². The van der Waals surface area contributed by atoms with E-state index in [-0.39, 0.29) is 47.8 Å². The van der Waals surface area contributed by atoms with Crippen molar-refractivity contribution in [2.24, 2.45) is 5.14 Å². The summed E-state index contributed by atoms with van der Waals surface area (Å²) < 4.78 is 69.3. The number of nitrogens with zero attached hydrogens (tertiary/aromatic N) is 7. The molecule has 2 aliphatic rings. The SMILES string of the molecule is NS(=O)(=O)c1c(SN[C@@H]2CCNC2)ccc(N2CCn3nc(C(F)(F)F)nc3C2)c1-c1nn[nH]n1. The van der Waals surface area contributed by atoms with Gasteiger partial charge in [-0.15, -0.1) is 15.3 Å². The second-order valence-corrected chi connectivity index (χ2v) is 10.3. The number of halogens is 3. The quantitative estimate of drug-likeness (QED) is 0.318. The minimum absolute atomic E-state index is 0.0166. The molecular formula is C17H20F3N11O2S2. The summed E-state index contributed by atoms with van der Waals surface area (Å²) in [5.41, 5.74) is 0.465. The zero-order valence-corrected chi connectivity index (χ0v) is 19.6. The first-order chi connectivity index (χ1) is 16.6. The van der Waals surface area contributed by atoms with Gasteiger partial charge >= 0.3 is 6.18 Å². The molecule has 5 rings (SSSR count). The summed E-state index contributed by atoms with van der Waals surface area (Å²) in [4.78, 5) is 5.44. The van der Waals surface area contributed by atoms with Gasteiger partial charge < -0.3 is 10.2 Å². The summed E-state index contributed by atoms with van der Waals surface area (Å²) in [5, 5.41) is 26.2. The first-order valence-electron chi connectivity index (χ1n) is 10.4. The van der Waals surface area contributed by atoms with Crippen molar-refractivity contribution in [1.82, 2.24) is 45.4 Å². The molecule has 1 atom stereocenters. The largest absolute Gasteiger partial charge is 0.453 e. The number of hydrogen-bond acceptors (Lipinski definition) is 11. The Kier molecular flexibility index (Phi) is 6.16. The van der Waals surface area contributed by atoms with Crippen LogP contribution in [-0.4, -0.2) is 69.5 Å². The van der Waals surface area contributed by atoms with Crippen LogP contribution >= 0.6 is 11.9 Å². The minimum atomic E-state index is -4.67. The molecule has 18 heteroatoms. The molecule has 1 saturated heterocycles. The van der Waals surface area contributed by atoms with Crippen LogP contribution in [0.4, 0.5) is 18.9 Å². The molecule has 0 aliphatic carbocycles. The maximum absolute atomic E-state index is 13.1. The fraction of sp³-hybridized carbons (Fsp3) is 0.471. The molecule has 0 radical (unpaired) electrons. The van der Waals surface area contributed by atoms with E-state index in [1.165, 1.54) is 4.68 Å². The highest BCUT2D eigenvalue weighted by molar-refractivity contribution is 7.98. The molecule has 0 amide bonds. The van der Waals surface area contributed by atoms with Crippen LogP contribution in [0.1, 0.15) is 18.1 Å². The van der Waals surface area contributed by atoms with E-state index >= 15 is 0 Å². The molecule has 0 saturated carbocycles. The van der Waals surface area contributed by atoms with Crippen LogP contribution in [0.5, 0.6) is 0 Å². The maximum Gasteiger partial charge on any atom is 0.453 e. The number of primary sulfonamides is 1. The molecule has 2 aromatic heterocycles. The number of anilines is 1. The number of fused-ring (bicyclic) bond motifs is 1. The first kappa shape index (κ1) is 23.9. The predicted molar refractivity (Wildman–Crippen MR) is 117 cm³/mol. The summed E-state index contributed by atoms with van der Waals surface area (Å²) in [6, 6.07) is 3.39. The Morgan fingerprint density at radius 3 is 2.74 bits per heavy atom. The Bertz CT molecular complexity index is 1320. The predicted octanol–water partition coefficient (Wildman–Crippen LogP) is 0.103. The molecule has 188 valence electrons. The molecule has 1 fully saturated rings. The lowest BCUT2D eigenvalue weighted by molar-refractivity contribution is -0.145. The number of sulfonamides is 1. The highest BCUT2D eigenvalue weighted by Crippen LogP contribution is 2.40. The third kappa shape index (κ3) is 4.83.